The molecule has 0 spiro atoms. The lowest BCUT2D eigenvalue weighted by atomic mass is 10.1. The summed E-state index contributed by atoms with van der Waals surface area (Å²) >= 11 is 0. The van der Waals surface area contributed by atoms with Crippen molar-refractivity contribution >= 4 is 17.5 Å². The molecule has 3 atom stereocenters. The maximum Gasteiger partial charge on any atom is 0.291 e. The van der Waals surface area contributed by atoms with Crippen LogP contribution in [0.2, 0.25) is 0 Å². The second-order valence-corrected chi connectivity index (χ2v) is 7.68. The standard InChI is InChI=1S/C22H21N5O2/c1-27-17-10-6-5-9-14(17)15-12-16(15)19(22(27)29)24-21(28)20-23-18(25-26-20)11-13-7-3-2-4-8-13/h2-10,15-16,19H,11-12H2,1H3,(H,24,28)(H,23,25,26)/t15?,16-,19-/m1/s1. The van der Waals surface area contributed by atoms with E-state index in [1.807, 2.05) is 48.5 Å². The van der Waals surface area contributed by atoms with Gasteiger partial charge in [-0.05, 0) is 35.4 Å². The monoisotopic (exact) mass is 387 g/mol. The Kier molecular flexibility index (Phi) is 4.16. The molecule has 0 saturated heterocycles. The van der Waals surface area contributed by atoms with Crippen molar-refractivity contribution in [3.8, 4) is 0 Å². The molecule has 3 aromatic rings. The number of hydrogen-bond donors (Lipinski definition) is 2. The van der Waals surface area contributed by atoms with E-state index in [0.717, 1.165) is 17.7 Å². The summed E-state index contributed by atoms with van der Waals surface area (Å²) in [7, 11) is 1.76. The van der Waals surface area contributed by atoms with Gasteiger partial charge in [-0.1, -0.05) is 48.5 Å². The van der Waals surface area contributed by atoms with E-state index in [9.17, 15) is 9.59 Å². The molecule has 7 nitrogen and oxygen atoms in total. The zero-order valence-corrected chi connectivity index (χ0v) is 16.0. The molecule has 2 amide bonds. The van der Waals surface area contributed by atoms with Crippen molar-refractivity contribution in [2.75, 3.05) is 11.9 Å². The highest BCUT2D eigenvalue weighted by atomic mass is 16.2. The molecule has 0 bridgehead atoms. The molecule has 0 radical (unpaired) electrons. The van der Waals surface area contributed by atoms with E-state index >= 15 is 0 Å². The van der Waals surface area contributed by atoms with Gasteiger partial charge in [-0.25, -0.2) is 4.98 Å². The van der Waals surface area contributed by atoms with E-state index in [-0.39, 0.29) is 17.6 Å². The average Bonchev–Trinajstić information content (AvgIpc) is 3.41. The Morgan fingerprint density at radius 2 is 1.93 bits per heavy atom. The first-order valence-corrected chi connectivity index (χ1v) is 9.74. The summed E-state index contributed by atoms with van der Waals surface area (Å²) in [5, 5.41) is 9.76. The fourth-order valence-electron chi connectivity index (χ4n) is 4.20. The molecule has 1 aliphatic heterocycles. The molecule has 1 aromatic heterocycles. The second kappa shape index (κ2) is 6.84. The van der Waals surface area contributed by atoms with Gasteiger partial charge in [0.05, 0.1) is 0 Å². The van der Waals surface area contributed by atoms with Gasteiger partial charge in [-0.2, -0.15) is 0 Å². The van der Waals surface area contributed by atoms with E-state index in [2.05, 4.69) is 26.6 Å². The van der Waals surface area contributed by atoms with E-state index in [1.165, 1.54) is 5.56 Å². The minimum absolute atomic E-state index is 0.0605. The minimum atomic E-state index is -0.569. The number of benzene rings is 2. The summed E-state index contributed by atoms with van der Waals surface area (Å²) in [5.74, 6) is 0.555. The van der Waals surface area contributed by atoms with Crippen LogP contribution < -0.4 is 10.2 Å². The van der Waals surface area contributed by atoms with Crippen molar-refractivity contribution < 1.29 is 9.59 Å². The molecule has 7 heteroatoms. The quantitative estimate of drug-likeness (QED) is 0.719. The summed E-state index contributed by atoms with van der Waals surface area (Å²) < 4.78 is 0. The molecule has 1 aliphatic carbocycles. The predicted molar refractivity (Wildman–Crippen MR) is 108 cm³/mol. The number of rotatable bonds is 4. The molecule has 2 heterocycles. The summed E-state index contributed by atoms with van der Waals surface area (Å²) in [6.07, 6.45) is 1.46. The van der Waals surface area contributed by atoms with Crippen LogP contribution in [0.25, 0.3) is 0 Å². The Morgan fingerprint density at radius 3 is 2.76 bits per heavy atom. The van der Waals surface area contributed by atoms with Crippen LogP contribution in [0.5, 0.6) is 0 Å². The molecular formula is C22H21N5O2. The third kappa shape index (κ3) is 3.18. The number of aromatic nitrogens is 3. The van der Waals surface area contributed by atoms with Gasteiger partial charge < -0.3 is 10.2 Å². The number of carbonyl (C=O) groups excluding carboxylic acids is 2. The zero-order valence-electron chi connectivity index (χ0n) is 16.0. The first kappa shape index (κ1) is 17.6. The average molecular weight is 387 g/mol. The van der Waals surface area contributed by atoms with Crippen LogP contribution in [0.1, 0.15) is 39.9 Å². The van der Waals surface area contributed by atoms with Crippen LogP contribution in [-0.4, -0.2) is 40.1 Å². The van der Waals surface area contributed by atoms with Gasteiger partial charge in [0.25, 0.3) is 5.91 Å². The normalized spacial score (nSPS) is 22.4. The Hall–Kier alpha value is -3.48. The van der Waals surface area contributed by atoms with Crippen LogP contribution in [-0.2, 0) is 11.2 Å². The van der Waals surface area contributed by atoms with Crippen LogP contribution >= 0.6 is 0 Å². The number of para-hydroxylation sites is 1. The molecule has 1 unspecified atom stereocenters. The lowest BCUT2D eigenvalue weighted by Crippen LogP contribution is -2.48. The molecule has 1 saturated carbocycles. The molecule has 146 valence electrons. The second-order valence-electron chi connectivity index (χ2n) is 7.68. The number of amides is 2. The maximum absolute atomic E-state index is 13.0. The number of anilines is 1. The van der Waals surface area contributed by atoms with Gasteiger partial charge in [-0.15, -0.1) is 5.10 Å². The van der Waals surface area contributed by atoms with E-state index in [4.69, 9.17) is 0 Å². The van der Waals surface area contributed by atoms with Gasteiger partial charge in [0.15, 0.2) is 0 Å². The number of hydrogen-bond acceptors (Lipinski definition) is 4. The van der Waals surface area contributed by atoms with Gasteiger partial charge in [-0.3, -0.25) is 14.7 Å². The van der Waals surface area contributed by atoms with Crippen molar-refractivity contribution in [3.05, 3.63) is 77.4 Å². The number of aromatic amines is 1. The summed E-state index contributed by atoms with van der Waals surface area (Å²) in [5.41, 5.74) is 3.17. The lowest BCUT2D eigenvalue weighted by Gasteiger charge is -2.23. The van der Waals surface area contributed by atoms with Crippen LogP contribution in [0.3, 0.4) is 0 Å². The third-order valence-electron chi connectivity index (χ3n) is 5.80. The predicted octanol–water partition coefficient (Wildman–Crippen LogP) is 2.27. The number of carbonyl (C=O) groups is 2. The van der Waals surface area contributed by atoms with Gasteiger partial charge in [0, 0.05) is 19.2 Å². The molecule has 29 heavy (non-hydrogen) atoms. The number of nitrogens with zero attached hydrogens (tertiary/aromatic N) is 3. The van der Waals surface area contributed by atoms with Crippen LogP contribution in [0, 0.1) is 5.92 Å². The minimum Gasteiger partial charge on any atom is -0.337 e. The Balaban J connectivity index is 1.32. The van der Waals surface area contributed by atoms with E-state index in [0.29, 0.717) is 18.2 Å². The van der Waals surface area contributed by atoms with Gasteiger partial charge >= 0.3 is 0 Å². The fourth-order valence-corrected chi connectivity index (χ4v) is 4.20. The zero-order chi connectivity index (χ0) is 20.0. The van der Waals surface area contributed by atoms with Gasteiger partial charge in [0.2, 0.25) is 11.7 Å². The van der Waals surface area contributed by atoms with Crippen molar-refractivity contribution in [1.82, 2.24) is 20.5 Å². The summed E-state index contributed by atoms with van der Waals surface area (Å²) in [6.45, 7) is 0. The topological polar surface area (TPSA) is 91.0 Å². The third-order valence-corrected chi connectivity index (χ3v) is 5.80. The highest BCUT2D eigenvalue weighted by Crippen LogP contribution is 2.54. The number of H-pyrrole nitrogens is 1. The fraction of sp³-hybridized carbons (Fsp3) is 0.273. The molecule has 2 aliphatic rings. The van der Waals surface area contributed by atoms with Crippen molar-refractivity contribution in [2.45, 2.75) is 24.8 Å². The van der Waals surface area contributed by atoms with E-state index < -0.39 is 11.9 Å². The molecule has 2 N–H and O–H groups in total. The molecule has 5 rings (SSSR count). The Labute approximate surface area is 168 Å². The molecule has 2 aromatic carbocycles. The first-order valence-electron chi connectivity index (χ1n) is 9.74. The van der Waals surface area contributed by atoms with Crippen molar-refractivity contribution in [1.29, 1.82) is 0 Å². The first-order chi connectivity index (χ1) is 14.1. The molecular weight excluding hydrogens is 366 g/mol. The Morgan fingerprint density at radius 1 is 1.17 bits per heavy atom. The largest absolute Gasteiger partial charge is 0.337 e. The van der Waals surface area contributed by atoms with Crippen molar-refractivity contribution in [3.63, 3.8) is 0 Å². The highest BCUT2D eigenvalue weighted by Gasteiger charge is 2.51. The summed E-state index contributed by atoms with van der Waals surface area (Å²) in [4.78, 5) is 31.7. The Bertz CT molecular complexity index is 1080. The number of likely N-dealkylation sites (N-methyl/N-ethyl adjacent to an activating group) is 1. The van der Waals surface area contributed by atoms with Gasteiger partial charge in [0.1, 0.15) is 11.9 Å². The summed E-state index contributed by atoms with van der Waals surface area (Å²) in [6, 6.07) is 17.2. The van der Waals surface area contributed by atoms with Crippen molar-refractivity contribution in [2.24, 2.45) is 5.92 Å². The SMILES string of the molecule is CN1C(=O)[C@H](NC(=O)c2n[nH]c(Cc3ccccc3)n2)[C@@H]2CC2c2ccccc21. The highest BCUT2D eigenvalue weighted by molar-refractivity contribution is 6.03. The lowest BCUT2D eigenvalue weighted by molar-refractivity contribution is -0.120. The number of nitrogens with one attached hydrogen (secondary N) is 2. The van der Waals surface area contributed by atoms with E-state index in [1.54, 1.807) is 11.9 Å². The molecule has 1 fully saturated rings. The maximum atomic E-state index is 13.0. The van der Waals surface area contributed by atoms with Crippen LogP contribution in [0.15, 0.2) is 54.6 Å². The smallest absolute Gasteiger partial charge is 0.291 e. The van der Waals surface area contributed by atoms with Crippen LogP contribution in [0.4, 0.5) is 5.69 Å². The number of fused-ring (bicyclic) bond motifs is 3.